The Labute approximate surface area is 462 Å². The summed E-state index contributed by atoms with van der Waals surface area (Å²) in [6.07, 6.45) is 79.2. The van der Waals surface area contributed by atoms with E-state index in [1.165, 1.54) is 295 Å². The van der Waals surface area contributed by atoms with Crippen molar-refractivity contribution in [3.8, 4) is 0 Å². The molecule has 74 heavy (non-hydrogen) atoms. The molecule has 3 N–H and O–H groups in total. The van der Waals surface area contributed by atoms with Gasteiger partial charge in [-0.25, -0.2) is 0 Å². The molecule has 0 spiro atoms. The van der Waals surface area contributed by atoms with Crippen molar-refractivity contribution in [1.29, 1.82) is 0 Å². The van der Waals surface area contributed by atoms with Crippen LogP contribution in [-0.4, -0.2) is 47.4 Å². The number of carbonyl (C=O) groups excluding carboxylic acids is 2. The highest BCUT2D eigenvalue weighted by atomic mass is 16.5. The summed E-state index contributed by atoms with van der Waals surface area (Å²) in [7, 11) is 0. The van der Waals surface area contributed by atoms with E-state index < -0.39 is 12.1 Å². The highest BCUT2D eigenvalue weighted by Gasteiger charge is 2.20. The fourth-order valence-corrected chi connectivity index (χ4v) is 10.6. The molecular weight excluding hydrogens is 911 g/mol. The number of amides is 1. The fourth-order valence-electron chi connectivity index (χ4n) is 10.6. The standard InChI is InChI=1S/C68H131NO5/c1-3-5-7-9-11-13-15-16-17-18-19-20-21-22-23-25-28-31-34-37-41-44-48-52-56-60-66(71)65(64-70)69-67(72)61-57-53-49-45-42-38-35-32-29-26-24-27-30-33-36-39-43-47-51-55-59-63-74-68(73)62-58-54-50-46-40-14-12-10-8-6-4-2/h10,12,26,29,65-66,70-71H,3-9,11,13-25,27-28,30-64H2,1-2H3,(H,69,72)/b12-10-,29-26-. The van der Waals surface area contributed by atoms with Gasteiger partial charge in [-0.2, -0.15) is 0 Å². The minimum atomic E-state index is -0.671. The molecule has 2 atom stereocenters. The topological polar surface area (TPSA) is 95.9 Å². The molecule has 0 aliphatic rings. The van der Waals surface area contributed by atoms with Crippen molar-refractivity contribution in [3.63, 3.8) is 0 Å². The van der Waals surface area contributed by atoms with E-state index >= 15 is 0 Å². The number of hydrogen-bond donors (Lipinski definition) is 3. The van der Waals surface area contributed by atoms with Gasteiger partial charge in [-0.15, -0.1) is 0 Å². The van der Waals surface area contributed by atoms with Crippen molar-refractivity contribution in [1.82, 2.24) is 5.32 Å². The molecule has 0 rings (SSSR count). The average Bonchev–Trinajstić information content (AvgIpc) is 3.40. The minimum Gasteiger partial charge on any atom is -0.466 e. The van der Waals surface area contributed by atoms with E-state index in [1.54, 1.807) is 0 Å². The average molecular weight is 1040 g/mol. The van der Waals surface area contributed by atoms with E-state index in [9.17, 15) is 19.8 Å². The van der Waals surface area contributed by atoms with Crippen molar-refractivity contribution in [3.05, 3.63) is 24.3 Å². The van der Waals surface area contributed by atoms with E-state index in [0.29, 0.717) is 25.9 Å². The highest BCUT2D eigenvalue weighted by molar-refractivity contribution is 5.76. The number of ether oxygens (including phenoxy) is 1. The molecule has 0 aliphatic carbocycles. The number of allylic oxidation sites excluding steroid dienone is 4. The monoisotopic (exact) mass is 1040 g/mol. The van der Waals surface area contributed by atoms with Gasteiger partial charge in [0.2, 0.25) is 5.91 Å². The molecule has 2 unspecified atom stereocenters. The third-order valence-corrected chi connectivity index (χ3v) is 15.7. The largest absolute Gasteiger partial charge is 0.466 e. The van der Waals surface area contributed by atoms with Crippen molar-refractivity contribution in [2.45, 2.75) is 386 Å². The lowest BCUT2D eigenvalue weighted by Gasteiger charge is -2.22. The van der Waals surface area contributed by atoms with Crippen LogP contribution in [0.15, 0.2) is 24.3 Å². The van der Waals surface area contributed by atoms with Gasteiger partial charge in [0, 0.05) is 12.8 Å². The second kappa shape index (κ2) is 63.9. The number of esters is 1. The molecule has 0 saturated heterocycles. The maximum Gasteiger partial charge on any atom is 0.305 e. The molecule has 0 aromatic rings. The van der Waals surface area contributed by atoms with Gasteiger partial charge in [-0.3, -0.25) is 9.59 Å². The number of unbranched alkanes of at least 4 members (excludes halogenated alkanes) is 48. The molecule has 0 bridgehead atoms. The highest BCUT2D eigenvalue weighted by Crippen LogP contribution is 2.18. The summed E-state index contributed by atoms with van der Waals surface area (Å²) < 4.78 is 5.46. The first kappa shape index (κ1) is 72.3. The summed E-state index contributed by atoms with van der Waals surface area (Å²) >= 11 is 0. The Bertz CT molecular complexity index is 1150. The predicted molar refractivity (Wildman–Crippen MR) is 324 cm³/mol. The van der Waals surface area contributed by atoms with Crippen LogP contribution < -0.4 is 5.32 Å². The Morgan fingerprint density at radius 1 is 0.365 bits per heavy atom. The second-order valence-corrected chi connectivity index (χ2v) is 23.1. The summed E-state index contributed by atoms with van der Waals surface area (Å²) in [6.45, 7) is 4.94. The Hall–Kier alpha value is -1.66. The molecule has 0 aromatic heterocycles. The number of hydrogen-bond acceptors (Lipinski definition) is 5. The van der Waals surface area contributed by atoms with E-state index in [-0.39, 0.29) is 18.5 Å². The molecule has 6 nitrogen and oxygen atoms in total. The number of aliphatic hydroxyl groups is 2. The Morgan fingerprint density at radius 3 is 1.00 bits per heavy atom. The number of aliphatic hydroxyl groups excluding tert-OH is 2. The minimum absolute atomic E-state index is 0.00214. The maximum atomic E-state index is 12.5. The first-order valence-electron chi connectivity index (χ1n) is 33.6. The quantitative estimate of drug-likeness (QED) is 0.0320. The lowest BCUT2D eigenvalue weighted by molar-refractivity contribution is -0.143. The molecule has 0 radical (unpaired) electrons. The van der Waals surface area contributed by atoms with Gasteiger partial charge >= 0.3 is 5.97 Å². The van der Waals surface area contributed by atoms with Crippen LogP contribution in [0.1, 0.15) is 373 Å². The fraction of sp³-hybridized carbons (Fsp3) is 0.912. The van der Waals surface area contributed by atoms with Crippen molar-refractivity contribution in [2.75, 3.05) is 13.2 Å². The molecule has 438 valence electrons. The Balaban J connectivity index is 3.43. The molecule has 0 heterocycles. The number of carbonyl (C=O) groups is 2. The van der Waals surface area contributed by atoms with Gasteiger partial charge in [0.25, 0.3) is 0 Å². The molecule has 6 heteroatoms. The first-order valence-corrected chi connectivity index (χ1v) is 33.6. The Kier molecular flexibility index (Phi) is 62.4. The van der Waals surface area contributed by atoms with Crippen LogP contribution in [0.3, 0.4) is 0 Å². The van der Waals surface area contributed by atoms with Gasteiger partial charge in [0.1, 0.15) is 0 Å². The summed E-state index contributed by atoms with van der Waals surface area (Å²) in [4.78, 5) is 24.5. The smallest absolute Gasteiger partial charge is 0.305 e. The third kappa shape index (κ3) is 59.6. The zero-order valence-corrected chi connectivity index (χ0v) is 50.1. The van der Waals surface area contributed by atoms with Crippen LogP contribution in [0.4, 0.5) is 0 Å². The zero-order chi connectivity index (χ0) is 53.6. The van der Waals surface area contributed by atoms with Crippen LogP contribution in [0.5, 0.6) is 0 Å². The molecule has 0 aliphatic heterocycles. The summed E-state index contributed by atoms with van der Waals surface area (Å²) in [5, 5.41) is 23.4. The summed E-state index contributed by atoms with van der Waals surface area (Å²) in [5.74, 6) is -0.0407. The van der Waals surface area contributed by atoms with E-state index in [0.717, 1.165) is 44.9 Å². The van der Waals surface area contributed by atoms with Crippen molar-refractivity contribution < 1.29 is 24.5 Å². The van der Waals surface area contributed by atoms with E-state index in [1.807, 2.05) is 0 Å². The normalized spacial score (nSPS) is 12.6. The van der Waals surface area contributed by atoms with E-state index in [2.05, 4.69) is 43.5 Å². The lowest BCUT2D eigenvalue weighted by Crippen LogP contribution is -2.45. The van der Waals surface area contributed by atoms with Crippen LogP contribution in [-0.2, 0) is 14.3 Å². The summed E-state index contributed by atoms with van der Waals surface area (Å²) in [5.41, 5.74) is 0. The molecule has 0 saturated carbocycles. The Morgan fingerprint density at radius 2 is 0.649 bits per heavy atom. The number of rotatable bonds is 63. The predicted octanol–water partition coefficient (Wildman–Crippen LogP) is 21.4. The third-order valence-electron chi connectivity index (χ3n) is 15.7. The molecular formula is C68H131NO5. The van der Waals surface area contributed by atoms with Crippen molar-refractivity contribution in [2.24, 2.45) is 0 Å². The molecule has 0 fully saturated rings. The van der Waals surface area contributed by atoms with Gasteiger partial charge in [0.05, 0.1) is 25.4 Å². The van der Waals surface area contributed by atoms with Crippen LogP contribution in [0, 0.1) is 0 Å². The van der Waals surface area contributed by atoms with Crippen molar-refractivity contribution >= 4 is 11.9 Å². The second-order valence-electron chi connectivity index (χ2n) is 23.1. The van der Waals surface area contributed by atoms with Crippen LogP contribution in [0.2, 0.25) is 0 Å². The summed E-state index contributed by atoms with van der Waals surface area (Å²) in [6, 6.07) is -0.549. The van der Waals surface area contributed by atoms with Gasteiger partial charge in [-0.05, 0) is 70.6 Å². The first-order chi connectivity index (χ1) is 36.5. The van der Waals surface area contributed by atoms with Gasteiger partial charge in [-0.1, -0.05) is 314 Å². The van der Waals surface area contributed by atoms with Gasteiger partial charge in [0.15, 0.2) is 0 Å². The molecule has 0 aromatic carbocycles. The van der Waals surface area contributed by atoms with Crippen LogP contribution in [0.25, 0.3) is 0 Å². The maximum absolute atomic E-state index is 12.5. The molecule has 1 amide bonds. The number of nitrogens with one attached hydrogen (secondary N) is 1. The van der Waals surface area contributed by atoms with Gasteiger partial charge < -0.3 is 20.3 Å². The SMILES string of the molecule is CCCC/C=C\CCCCCCCC(=O)OCCCCCCCCCCCC/C=C\CCCCCCCCCC(=O)NC(CO)C(O)CCCCCCCCCCCCCCCCCCCCCCCCCCC. The van der Waals surface area contributed by atoms with E-state index in [4.69, 9.17) is 4.74 Å². The van der Waals surface area contributed by atoms with Crippen LogP contribution >= 0.6 is 0 Å². The zero-order valence-electron chi connectivity index (χ0n) is 50.1. The lowest BCUT2D eigenvalue weighted by atomic mass is 10.0.